The maximum atomic E-state index is 5.02. The van der Waals surface area contributed by atoms with Crippen molar-refractivity contribution in [2.24, 2.45) is 0 Å². The van der Waals surface area contributed by atoms with Crippen molar-refractivity contribution in [2.75, 3.05) is 6.61 Å². The Labute approximate surface area is 108 Å². The Hall–Kier alpha value is 1.24. The molecule has 12 heavy (non-hydrogen) atoms. The summed E-state index contributed by atoms with van der Waals surface area (Å²) in [6, 6.07) is 0. The van der Waals surface area contributed by atoms with Crippen LogP contribution in [0.4, 0.5) is 0 Å². The van der Waals surface area contributed by atoms with E-state index in [1.807, 2.05) is 0 Å². The number of thiocarbonyl (C=S) groups is 1. The molecule has 0 saturated carbocycles. The fourth-order valence-electron chi connectivity index (χ4n) is 0.865. The Morgan fingerprint density at radius 3 is 2.33 bits per heavy atom. The number of ether oxygens (including phenoxy) is 1. The summed E-state index contributed by atoms with van der Waals surface area (Å²) in [5, 5.41) is 0. The second kappa shape index (κ2) is 12.2. The summed E-state index contributed by atoms with van der Waals surface area (Å²) < 4.78 is 5.38. The summed E-state index contributed by atoms with van der Waals surface area (Å²) in [5.41, 5.74) is 0. The van der Waals surface area contributed by atoms with Crippen LogP contribution in [0.5, 0.6) is 0 Å². The van der Waals surface area contributed by atoms with E-state index in [1.165, 1.54) is 25.7 Å². The Morgan fingerprint density at radius 2 is 1.83 bits per heavy atom. The predicted octanol–water partition coefficient (Wildman–Crippen LogP) is 2.54. The van der Waals surface area contributed by atoms with Crippen LogP contribution >= 0.6 is 24.8 Å². The van der Waals surface area contributed by atoms with Crippen LogP contribution in [-0.2, 0) is 4.74 Å². The molecule has 0 spiro atoms. The first-order valence-electron chi connectivity index (χ1n) is 4.13. The summed E-state index contributed by atoms with van der Waals surface area (Å²) in [6.07, 6.45) is 6.25. The van der Waals surface area contributed by atoms with Crippen LogP contribution in [0.1, 0.15) is 39.0 Å². The van der Waals surface area contributed by atoms with Crippen molar-refractivity contribution in [1.82, 2.24) is 0 Å². The summed E-state index contributed by atoms with van der Waals surface area (Å²) in [7, 11) is 0. The molecule has 0 atom stereocenters. The Kier molecular flexibility index (Phi) is 16.0. The number of hydrogen-bond donors (Lipinski definition) is 1. The number of unbranched alkanes of at least 4 members (excludes halogenated alkanes) is 4. The van der Waals surface area contributed by atoms with E-state index in [2.05, 4.69) is 31.8 Å². The van der Waals surface area contributed by atoms with Crippen LogP contribution in [0, 0.1) is 0 Å². The van der Waals surface area contributed by atoms with Gasteiger partial charge in [0.15, 0.2) is 0 Å². The molecule has 0 aliphatic carbocycles. The predicted molar refractivity (Wildman–Crippen MR) is 63.4 cm³/mol. The van der Waals surface area contributed by atoms with E-state index in [1.54, 1.807) is 0 Å². The van der Waals surface area contributed by atoms with E-state index >= 15 is 0 Å². The zero-order chi connectivity index (χ0) is 8.53. The first-order valence-corrected chi connectivity index (χ1v) is 4.98. The third-order valence-electron chi connectivity index (χ3n) is 1.47. The monoisotopic (exact) mass is 216 g/mol. The Balaban J connectivity index is 0. The molecular formula is C8H17NaOS2. The molecular weight excluding hydrogens is 199 g/mol. The first-order chi connectivity index (χ1) is 5.27. The van der Waals surface area contributed by atoms with Crippen LogP contribution in [0.3, 0.4) is 0 Å². The van der Waals surface area contributed by atoms with Crippen LogP contribution < -0.4 is 0 Å². The molecule has 68 valence electrons. The summed E-state index contributed by atoms with van der Waals surface area (Å²) in [5.74, 6) is 0. The van der Waals surface area contributed by atoms with Gasteiger partial charge in [0, 0.05) is 0 Å². The zero-order valence-corrected chi connectivity index (χ0v) is 8.72. The Morgan fingerprint density at radius 1 is 1.25 bits per heavy atom. The summed E-state index contributed by atoms with van der Waals surface area (Å²) >= 11 is 8.49. The Bertz CT molecular complexity index is 109. The normalized spacial score (nSPS) is 8.83. The molecule has 0 rings (SSSR count). The van der Waals surface area contributed by atoms with Crippen molar-refractivity contribution < 1.29 is 4.74 Å². The summed E-state index contributed by atoms with van der Waals surface area (Å²) in [4.78, 5) is 0. The first kappa shape index (κ1) is 15.7. The van der Waals surface area contributed by atoms with Gasteiger partial charge in [-0.2, -0.15) is 0 Å². The SMILES string of the molecule is CCCCCCCOC(=S)S.[NaH]. The number of rotatable bonds is 6. The molecule has 0 bridgehead atoms. The molecule has 0 amide bonds. The minimum absolute atomic E-state index is 0. The molecule has 4 heteroatoms. The van der Waals surface area contributed by atoms with E-state index in [0.29, 0.717) is 4.38 Å². The van der Waals surface area contributed by atoms with E-state index in [4.69, 9.17) is 4.74 Å². The van der Waals surface area contributed by atoms with Crippen molar-refractivity contribution in [1.29, 1.82) is 0 Å². The third kappa shape index (κ3) is 13.8. The van der Waals surface area contributed by atoms with Crippen LogP contribution in [0.25, 0.3) is 0 Å². The van der Waals surface area contributed by atoms with Crippen LogP contribution in [0.2, 0.25) is 0 Å². The van der Waals surface area contributed by atoms with Gasteiger partial charge in [0.25, 0.3) is 0 Å². The molecule has 0 aromatic carbocycles. The molecule has 0 unspecified atom stereocenters. The van der Waals surface area contributed by atoms with E-state index in [-0.39, 0.29) is 29.6 Å². The second-order valence-corrected chi connectivity index (χ2v) is 3.61. The molecule has 0 aliphatic rings. The van der Waals surface area contributed by atoms with E-state index in [0.717, 1.165) is 13.0 Å². The van der Waals surface area contributed by atoms with Gasteiger partial charge in [-0.3, -0.25) is 0 Å². The van der Waals surface area contributed by atoms with Gasteiger partial charge < -0.3 is 4.74 Å². The molecule has 0 aliphatic heterocycles. The average molecular weight is 216 g/mol. The topological polar surface area (TPSA) is 9.23 Å². The minimum atomic E-state index is 0. The van der Waals surface area contributed by atoms with Crippen molar-refractivity contribution in [3.63, 3.8) is 0 Å². The van der Waals surface area contributed by atoms with Gasteiger partial charge in [0.05, 0.1) is 6.61 Å². The van der Waals surface area contributed by atoms with Crippen molar-refractivity contribution in [2.45, 2.75) is 39.0 Å². The summed E-state index contributed by atoms with van der Waals surface area (Å²) in [6.45, 7) is 2.94. The molecule has 0 aromatic heterocycles. The van der Waals surface area contributed by atoms with Gasteiger partial charge >= 0.3 is 29.6 Å². The van der Waals surface area contributed by atoms with E-state index < -0.39 is 0 Å². The molecule has 0 aromatic rings. The van der Waals surface area contributed by atoms with Gasteiger partial charge in [0.1, 0.15) is 0 Å². The molecule has 0 heterocycles. The van der Waals surface area contributed by atoms with Crippen LogP contribution in [-0.4, -0.2) is 40.5 Å². The third-order valence-corrected chi connectivity index (χ3v) is 1.72. The standard InChI is InChI=1S/C8H16OS2.Na.H/c1-2-3-4-5-6-7-9-8(10)11;;/h2-7H2,1H3,(H,10,11);;. The molecule has 0 N–H and O–H groups in total. The average Bonchev–Trinajstić information content (AvgIpc) is 1.96. The van der Waals surface area contributed by atoms with Gasteiger partial charge in [-0.05, 0) is 18.6 Å². The fraction of sp³-hybridized carbons (Fsp3) is 0.875. The van der Waals surface area contributed by atoms with Crippen molar-refractivity contribution in [3.05, 3.63) is 0 Å². The molecule has 0 radical (unpaired) electrons. The van der Waals surface area contributed by atoms with Crippen molar-refractivity contribution >= 4 is 58.8 Å². The maximum absolute atomic E-state index is 5.02. The molecule has 0 saturated heterocycles. The second-order valence-electron chi connectivity index (χ2n) is 2.53. The number of thiol groups is 1. The van der Waals surface area contributed by atoms with Gasteiger partial charge in [0.2, 0.25) is 4.38 Å². The van der Waals surface area contributed by atoms with Gasteiger partial charge in [-0.15, -0.1) is 0 Å². The van der Waals surface area contributed by atoms with Gasteiger partial charge in [-0.1, -0.05) is 45.2 Å². The quantitative estimate of drug-likeness (QED) is 0.316. The fourth-order valence-corrected chi connectivity index (χ4v) is 1.04. The molecule has 0 fully saturated rings. The van der Waals surface area contributed by atoms with Crippen LogP contribution in [0.15, 0.2) is 0 Å². The molecule has 1 nitrogen and oxygen atoms in total. The van der Waals surface area contributed by atoms with Crippen molar-refractivity contribution in [3.8, 4) is 0 Å². The van der Waals surface area contributed by atoms with E-state index in [9.17, 15) is 0 Å². The van der Waals surface area contributed by atoms with Gasteiger partial charge in [-0.25, -0.2) is 0 Å². The zero-order valence-electron chi connectivity index (χ0n) is 7.01. The number of hydrogen-bond acceptors (Lipinski definition) is 2.